The van der Waals surface area contributed by atoms with E-state index in [9.17, 15) is 4.79 Å². The topological polar surface area (TPSA) is 77.0 Å². The fourth-order valence-corrected chi connectivity index (χ4v) is 1.16. The highest BCUT2D eigenvalue weighted by atomic mass is 16.2. The Balaban J connectivity index is 2.41. The van der Waals surface area contributed by atoms with Crippen LogP contribution in [0.25, 0.3) is 0 Å². The lowest BCUT2D eigenvalue weighted by molar-refractivity contribution is -0.130. The van der Waals surface area contributed by atoms with Crippen molar-refractivity contribution in [3.63, 3.8) is 0 Å². The van der Waals surface area contributed by atoms with Gasteiger partial charge in [0.05, 0.1) is 0 Å². The van der Waals surface area contributed by atoms with Gasteiger partial charge in [-0.15, -0.1) is 5.10 Å². The molecule has 2 N–H and O–H groups in total. The second kappa shape index (κ2) is 5.33. The summed E-state index contributed by atoms with van der Waals surface area (Å²) in [4.78, 5) is 17.1. The Bertz CT molecular complexity index is 322. The molecule has 0 radical (unpaired) electrons. The molecule has 0 saturated carbocycles. The molecule has 0 saturated heterocycles. The van der Waals surface area contributed by atoms with Gasteiger partial charge in [-0.1, -0.05) is 13.3 Å². The summed E-state index contributed by atoms with van der Waals surface area (Å²) in [5.41, 5.74) is 5.34. The Kier molecular flexibility index (Phi) is 4.08. The van der Waals surface area contributed by atoms with Crippen LogP contribution in [-0.2, 0) is 11.3 Å². The van der Waals surface area contributed by atoms with Crippen molar-refractivity contribution in [2.75, 3.05) is 19.3 Å². The van der Waals surface area contributed by atoms with E-state index in [1.54, 1.807) is 11.9 Å². The molecule has 1 rings (SSSR count). The number of nitrogens with two attached hydrogens (primary N) is 1. The minimum Gasteiger partial charge on any atom is -0.367 e. The smallest absolute Gasteiger partial charge is 0.244 e. The number of carbonyl (C=O) groups excluding carboxylic acids is 1. The molecule has 0 fully saturated rings. The molecule has 0 bridgehead atoms. The Morgan fingerprint density at radius 3 is 2.93 bits per heavy atom. The molecule has 1 amide bonds. The molecular weight excluding hydrogens is 194 g/mol. The van der Waals surface area contributed by atoms with E-state index in [2.05, 4.69) is 17.0 Å². The Labute approximate surface area is 89.1 Å². The third kappa shape index (κ3) is 3.57. The Morgan fingerprint density at radius 2 is 2.40 bits per heavy atom. The van der Waals surface area contributed by atoms with Gasteiger partial charge in [0.2, 0.25) is 11.9 Å². The lowest BCUT2D eigenvalue weighted by Gasteiger charge is -2.16. The first-order valence-electron chi connectivity index (χ1n) is 5.02. The van der Waals surface area contributed by atoms with Crippen LogP contribution >= 0.6 is 0 Å². The average molecular weight is 211 g/mol. The number of hydrogen-bond donors (Lipinski definition) is 1. The molecule has 1 aromatic rings. The average Bonchev–Trinajstić information content (AvgIpc) is 2.60. The van der Waals surface area contributed by atoms with Crippen LogP contribution in [0, 0.1) is 0 Å². The molecule has 0 aliphatic carbocycles. The van der Waals surface area contributed by atoms with Crippen LogP contribution in [0.2, 0.25) is 0 Å². The van der Waals surface area contributed by atoms with Crippen molar-refractivity contribution in [1.29, 1.82) is 0 Å². The molecule has 0 spiro atoms. The van der Waals surface area contributed by atoms with E-state index < -0.39 is 0 Å². The normalized spacial score (nSPS) is 10.3. The first-order chi connectivity index (χ1) is 7.13. The molecule has 6 heteroatoms. The van der Waals surface area contributed by atoms with Gasteiger partial charge in [0.25, 0.3) is 0 Å². The van der Waals surface area contributed by atoms with Gasteiger partial charge in [-0.2, -0.15) is 0 Å². The van der Waals surface area contributed by atoms with Crippen molar-refractivity contribution < 1.29 is 4.79 Å². The molecular formula is C9H17N5O. The van der Waals surface area contributed by atoms with E-state index in [-0.39, 0.29) is 18.4 Å². The molecule has 1 aromatic heterocycles. The van der Waals surface area contributed by atoms with Crippen molar-refractivity contribution in [3.8, 4) is 0 Å². The maximum Gasteiger partial charge on any atom is 0.244 e. The summed E-state index contributed by atoms with van der Waals surface area (Å²) in [6.07, 6.45) is 3.55. The quantitative estimate of drug-likeness (QED) is 0.750. The molecule has 0 aliphatic rings. The first kappa shape index (κ1) is 11.5. The number of rotatable bonds is 5. The predicted molar refractivity (Wildman–Crippen MR) is 57.0 cm³/mol. The SMILES string of the molecule is CCCCN(C)C(=O)Cn1cnc(N)n1. The van der Waals surface area contributed by atoms with E-state index in [0.29, 0.717) is 0 Å². The monoisotopic (exact) mass is 211 g/mol. The summed E-state index contributed by atoms with van der Waals surface area (Å²) in [6, 6.07) is 0. The highest BCUT2D eigenvalue weighted by molar-refractivity contribution is 5.75. The number of likely N-dealkylation sites (N-methyl/N-ethyl adjacent to an activating group) is 1. The molecule has 0 aromatic carbocycles. The lowest BCUT2D eigenvalue weighted by Crippen LogP contribution is -2.31. The van der Waals surface area contributed by atoms with Crippen LogP contribution in [-0.4, -0.2) is 39.2 Å². The highest BCUT2D eigenvalue weighted by Gasteiger charge is 2.09. The molecule has 0 aliphatic heterocycles. The van der Waals surface area contributed by atoms with E-state index in [4.69, 9.17) is 5.73 Å². The molecule has 0 unspecified atom stereocenters. The number of carbonyl (C=O) groups is 1. The number of hydrogen-bond acceptors (Lipinski definition) is 4. The van der Waals surface area contributed by atoms with Crippen LogP contribution < -0.4 is 5.73 Å². The number of amides is 1. The van der Waals surface area contributed by atoms with Crippen LogP contribution in [0.5, 0.6) is 0 Å². The second-order valence-electron chi connectivity index (χ2n) is 3.47. The van der Waals surface area contributed by atoms with E-state index >= 15 is 0 Å². The summed E-state index contributed by atoms with van der Waals surface area (Å²) in [5, 5.41) is 3.85. The van der Waals surface area contributed by atoms with Crippen LogP contribution in [0.4, 0.5) is 5.95 Å². The number of unbranched alkanes of at least 4 members (excludes halogenated alkanes) is 1. The van der Waals surface area contributed by atoms with Gasteiger partial charge in [-0.05, 0) is 6.42 Å². The standard InChI is InChI=1S/C9H17N5O/c1-3-4-5-13(2)8(15)6-14-7-11-9(10)12-14/h7H,3-6H2,1-2H3,(H2,10,12). The van der Waals surface area contributed by atoms with Gasteiger partial charge >= 0.3 is 0 Å². The zero-order valence-corrected chi connectivity index (χ0v) is 9.18. The highest BCUT2D eigenvalue weighted by Crippen LogP contribution is 1.96. The molecule has 84 valence electrons. The van der Waals surface area contributed by atoms with E-state index in [1.165, 1.54) is 11.0 Å². The van der Waals surface area contributed by atoms with Crippen molar-refractivity contribution in [2.24, 2.45) is 0 Å². The lowest BCUT2D eigenvalue weighted by atomic mass is 10.3. The summed E-state index contributed by atoms with van der Waals surface area (Å²) < 4.78 is 1.44. The zero-order chi connectivity index (χ0) is 11.3. The Morgan fingerprint density at radius 1 is 1.67 bits per heavy atom. The minimum atomic E-state index is 0.0216. The first-order valence-corrected chi connectivity index (χ1v) is 5.02. The molecule has 0 atom stereocenters. The number of nitrogen functional groups attached to an aromatic ring is 1. The number of anilines is 1. The van der Waals surface area contributed by atoms with Crippen molar-refractivity contribution in [2.45, 2.75) is 26.3 Å². The maximum atomic E-state index is 11.6. The van der Waals surface area contributed by atoms with Crippen LogP contribution in [0.1, 0.15) is 19.8 Å². The summed E-state index contributed by atoms with van der Waals surface area (Å²) >= 11 is 0. The van der Waals surface area contributed by atoms with E-state index in [1.807, 2.05) is 0 Å². The van der Waals surface area contributed by atoms with E-state index in [0.717, 1.165) is 19.4 Å². The summed E-state index contributed by atoms with van der Waals surface area (Å²) in [5.74, 6) is 0.215. The zero-order valence-electron chi connectivity index (χ0n) is 9.18. The minimum absolute atomic E-state index is 0.0216. The predicted octanol–water partition coefficient (Wildman–Crippen LogP) is 0.119. The van der Waals surface area contributed by atoms with Crippen molar-refractivity contribution >= 4 is 11.9 Å². The van der Waals surface area contributed by atoms with Crippen LogP contribution in [0.15, 0.2) is 6.33 Å². The Hall–Kier alpha value is -1.59. The summed E-state index contributed by atoms with van der Waals surface area (Å²) in [6.45, 7) is 3.07. The second-order valence-corrected chi connectivity index (χ2v) is 3.47. The van der Waals surface area contributed by atoms with Gasteiger partial charge in [0.1, 0.15) is 12.9 Å². The van der Waals surface area contributed by atoms with Gasteiger partial charge in [-0.3, -0.25) is 4.79 Å². The van der Waals surface area contributed by atoms with Gasteiger partial charge in [0.15, 0.2) is 0 Å². The molecule has 1 heterocycles. The third-order valence-electron chi connectivity index (χ3n) is 2.12. The largest absolute Gasteiger partial charge is 0.367 e. The molecule has 6 nitrogen and oxygen atoms in total. The van der Waals surface area contributed by atoms with Gasteiger partial charge in [-0.25, -0.2) is 9.67 Å². The van der Waals surface area contributed by atoms with Crippen molar-refractivity contribution in [3.05, 3.63) is 6.33 Å². The van der Waals surface area contributed by atoms with Crippen molar-refractivity contribution in [1.82, 2.24) is 19.7 Å². The fourth-order valence-electron chi connectivity index (χ4n) is 1.16. The fraction of sp³-hybridized carbons (Fsp3) is 0.667. The number of aromatic nitrogens is 3. The van der Waals surface area contributed by atoms with Crippen LogP contribution in [0.3, 0.4) is 0 Å². The maximum absolute atomic E-state index is 11.6. The molecule has 15 heavy (non-hydrogen) atoms. The summed E-state index contributed by atoms with van der Waals surface area (Å²) in [7, 11) is 1.79. The number of nitrogens with zero attached hydrogens (tertiary/aromatic N) is 4. The van der Waals surface area contributed by atoms with Gasteiger partial charge in [0, 0.05) is 13.6 Å². The van der Waals surface area contributed by atoms with Gasteiger partial charge < -0.3 is 10.6 Å². The third-order valence-corrected chi connectivity index (χ3v) is 2.12.